The molecule has 0 aliphatic rings. The number of hydrogen-bond donors (Lipinski definition) is 1. The standard InChI is InChI=1S/C22H26O5/c1-22(2,3)27-18-11-10-17(26-18)19-16(12-13-23)20(24-4)14-8-6-7-9-15(14)21(19)25-5/h6-11,23H,12-13H2,1-5H3. The van der Waals surface area contributed by atoms with Crippen molar-refractivity contribution < 1.29 is 23.7 Å². The molecule has 5 nitrogen and oxygen atoms in total. The van der Waals surface area contributed by atoms with Gasteiger partial charge in [-0.2, -0.15) is 0 Å². The van der Waals surface area contributed by atoms with Crippen LogP contribution in [0.25, 0.3) is 22.1 Å². The van der Waals surface area contributed by atoms with Gasteiger partial charge >= 0.3 is 0 Å². The van der Waals surface area contributed by atoms with Gasteiger partial charge in [-0.3, -0.25) is 0 Å². The maximum Gasteiger partial charge on any atom is 0.285 e. The van der Waals surface area contributed by atoms with Crippen molar-refractivity contribution in [1.82, 2.24) is 0 Å². The molecule has 1 aromatic heterocycles. The van der Waals surface area contributed by atoms with Crippen LogP contribution in [-0.4, -0.2) is 31.5 Å². The highest BCUT2D eigenvalue weighted by atomic mass is 16.6. The van der Waals surface area contributed by atoms with Gasteiger partial charge < -0.3 is 23.7 Å². The molecule has 0 aliphatic heterocycles. The minimum Gasteiger partial charge on any atom is -0.496 e. The largest absolute Gasteiger partial charge is 0.496 e. The van der Waals surface area contributed by atoms with Crippen LogP contribution in [0.3, 0.4) is 0 Å². The van der Waals surface area contributed by atoms with Crippen molar-refractivity contribution in [2.24, 2.45) is 0 Å². The fourth-order valence-electron chi connectivity index (χ4n) is 3.29. The minimum atomic E-state index is -0.367. The Morgan fingerprint density at radius 2 is 1.56 bits per heavy atom. The van der Waals surface area contributed by atoms with Crippen molar-refractivity contribution in [2.45, 2.75) is 32.8 Å². The van der Waals surface area contributed by atoms with Crippen LogP contribution in [0.4, 0.5) is 0 Å². The van der Waals surface area contributed by atoms with Gasteiger partial charge in [-0.15, -0.1) is 0 Å². The number of furan rings is 1. The molecule has 0 spiro atoms. The molecule has 0 radical (unpaired) electrons. The molecule has 3 aromatic rings. The zero-order valence-corrected chi connectivity index (χ0v) is 16.5. The molecule has 27 heavy (non-hydrogen) atoms. The van der Waals surface area contributed by atoms with E-state index >= 15 is 0 Å². The molecule has 3 rings (SSSR count). The second-order valence-electron chi connectivity index (χ2n) is 7.27. The molecule has 0 aliphatic carbocycles. The molecule has 1 heterocycles. The summed E-state index contributed by atoms with van der Waals surface area (Å²) >= 11 is 0. The SMILES string of the molecule is COc1c(CCO)c(-c2ccc(OC(C)(C)C)o2)c(OC)c2ccccc12. The number of rotatable bonds is 6. The van der Waals surface area contributed by atoms with E-state index in [1.165, 1.54) is 0 Å². The lowest BCUT2D eigenvalue weighted by Gasteiger charge is -2.20. The van der Waals surface area contributed by atoms with Gasteiger partial charge in [0, 0.05) is 35.4 Å². The fourth-order valence-corrected chi connectivity index (χ4v) is 3.29. The van der Waals surface area contributed by atoms with Crippen molar-refractivity contribution in [3.05, 3.63) is 42.0 Å². The highest BCUT2D eigenvalue weighted by Crippen LogP contribution is 2.47. The number of fused-ring (bicyclic) bond motifs is 1. The van der Waals surface area contributed by atoms with Crippen molar-refractivity contribution in [3.63, 3.8) is 0 Å². The van der Waals surface area contributed by atoms with Gasteiger partial charge in [0.1, 0.15) is 22.9 Å². The zero-order valence-electron chi connectivity index (χ0n) is 16.5. The molecule has 0 bridgehead atoms. The molecule has 0 saturated heterocycles. The predicted octanol–water partition coefficient (Wildman–Crippen LogP) is 4.83. The Hall–Kier alpha value is -2.66. The first kappa shape index (κ1) is 19.1. The van der Waals surface area contributed by atoms with Crippen LogP contribution in [-0.2, 0) is 6.42 Å². The number of aliphatic hydroxyl groups is 1. The molecule has 2 aromatic carbocycles. The Balaban J connectivity index is 2.29. The monoisotopic (exact) mass is 370 g/mol. The summed E-state index contributed by atoms with van der Waals surface area (Å²) in [5.74, 6) is 2.44. The van der Waals surface area contributed by atoms with Crippen LogP contribution in [0.1, 0.15) is 26.3 Å². The molecule has 0 fully saturated rings. The van der Waals surface area contributed by atoms with Crippen molar-refractivity contribution in [1.29, 1.82) is 0 Å². The average molecular weight is 370 g/mol. The quantitative estimate of drug-likeness (QED) is 0.673. The maximum atomic E-state index is 9.65. The summed E-state index contributed by atoms with van der Waals surface area (Å²) in [7, 11) is 3.27. The molecule has 1 N–H and O–H groups in total. The number of benzene rings is 2. The first-order valence-corrected chi connectivity index (χ1v) is 8.95. The van der Waals surface area contributed by atoms with Crippen molar-refractivity contribution in [2.75, 3.05) is 20.8 Å². The molecule has 0 unspecified atom stereocenters. The fraction of sp³-hybridized carbons (Fsp3) is 0.364. The summed E-state index contributed by atoms with van der Waals surface area (Å²) in [4.78, 5) is 0. The second kappa shape index (κ2) is 7.53. The summed E-state index contributed by atoms with van der Waals surface area (Å²) in [6.07, 6.45) is 0.413. The third-order valence-corrected chi connectivity index (χ3v) is 4.22. The Morgan fingerprint density at radius 3 is 2.11 bits per heavy atom. The Bertz CT molecular complexity index is 934. The predicted molar refractivity (Wildman–Crippen MR) is 106 cm³/mol. The summed E-state index contributed by atoms with van der Waals surface area (Å²) < 4.78 is 23.3. The minimum absolute atomic E-state index is 0.0170. The van der Waals surface area contributed by atoms with Gasteiger partial charge in [0.25, 0.3) is 5.95 Å². The van der Waals surface area contributed by atoms with E-state index in [2.05, 4.69) is 0 Å². The highest BCUT2D eigenvalue weighted by molar-refractivity contribution is 6.01. The topological polar surface area (TPSA) is 61.1 Å². The van der Waals surface area contributed by atoms with E-state index in [0.29, 0.717) is 29.6 Å². The summed E-state index contributed by atoms with van der Waals surface area (Å²) in [5, 5.41) is 11.5. The number of methoxy groups -OCH3 is 2. The smallest absolute Gasteiger partial charge is 0.285 e. The van der Waals surface area contributed by atoms with E-state index in [1.54, 1.807) is 20.3 Å². The van der Waals surface area contributed by atoms with Gasteiger partial charge in [-0.25, -0.2) is 0 Å². The van der Waals surface area contributed by atoms with Gasteiger partial charge in [-0.05, 0) is 26.8 Å². The van der Waals surface area contributed by atoms with Crippen LogP contribution >= 0.6 is 0 Å². The Kier molecular flexibility index (Phi) is 5.33. The normalized spacial score (nSPS) is 11.6. The van der Waals surface area contributed by atoms with E-state index in [9.17, 15) is 5.11 Å². The number of hydrogen-bond acceptors (Lipinski definition) is 5. The third-order valence-electron chi connectivity index (χ3n) is 4.22. The summed E-state index contributed by atoms with van der Waals surface area (Å²) in [6.45, 7) is 5.88. The molecule has 5 heteroatoms. The lowest BCUT2D eigenvalue weighted by molar-refractivity contribution is 0.0962. The number of ether oxygens (including phenoxy) is 3. The van der Waals surface area contributed by atoms with Crippen molar-refractivity contribution in [3.8, 4) is 28.8 Å². The van der Waals surface area contributed by atoms with E-state index in [0.717, 1.165) is 21.9 Å². The molecular formula is C22H26O5. The van der Waals surface area contributed by atoms with Gasteiger partial charge in [0.2, 0.25) is 0 Å². The van der Waals surface area contributed by atoms with E-state index < -0.39 is 0 Å². The Labute approximate surface area is 159 Å². The van der Waals surface area contributed by atoms with Gasteiger partial charge in [-0.1, -0.05) is 24.3 Å². The molecular weight excluding hydrogens is 344 g/mol. The third kappa shape index (κ3) is 3.74. The number of aliphatic hydroxyl groups excluding tert-OH is 1. The molecule has 144 valence electrons. The van der Waals surface area contributed by atoms with E-state index in [-0.39, 0.29) is 12.2 Å². The lowest BCUT2D eigenvalue weighted by Crippen LogP contribution is -2.22. The first-order valence-electron chi connectivity index (χ1n) is 8.95. The van der Waals surface area contributed by atoms with Crippen LogP contribution in [0.2, 0.25) is 0 Å². The van der Waals surface area contributed by atoms with E-state index in [4.69, 9.17) is 18.6 Å². The lowest BCUT2D eigenvalue weighted by atomic mass is 9.94. The summed E-state index contributed by atoms with van der Waals surface area (Å²) in [6, 6.07) is 11.5. The van der Waals surface area contributed by atoms with Crippen LogP contribution in [0.15, 0.2) is 40.8 Å². The van der Waals surface area contributed by atoms with Gasteiger partial charge in [0.15, 0.2) is 0 Å². The van der Waals surface area contributed by atoms with Crippen molar-refractivity contribution >= 4 is 10.8 Å². The van der Waals surface area contributed by atoms with Crippen LogP contribution in [0, 0.1) is 0 Å². The molecule has 0 atom stereocenters. The average Bonchev–Trinajstić information content (AvgIpc) is 3.06. The van der Waals surface area contributed by atoms with Crippen LogP contribution < -0.4 is 14.2 Å². The Morgan fingerprint density at radius 1 is 0.926 bits per heavy atom. The van der Waals surface area contributed by atoms with Gasteiger partial charge in [0.05, 0.1) is 19.8 Å². The molecule has 0 amide bonds. The highest BCUT2D eigenvalue weighted by Gasteiger charge is 2.24. The second-order valence-corrected chi connectivity index (χ2v) is 7.27. The first-order chi connectivity index (χ1) is 12.9. The molecule has 0 saturated carbocycles. The van der Waals surface area contributed by atoms with E-state index in [1.807, 2.05) is 51.1 Å². The summed E-state index contributed by atoms with van der Waals surface area (Å²) in [5.41, 5.74) is 1.24. The van der Waals surface area contributed by atoms with Crippen LogP contribution in [0.5, 0.6) is 17.4 Å². The maximum absolute atomic E-state index is 9.65. The zero-order chi connectivity index (χ0) is 19.6.